The van der Waals surface area contributed by atoms with Crippen LogP contribution < -0.4 is 10.2 Å². The lowest BCUT2D eigenvalue weighted by Crippen LogP contribution is -2.33. The van der Waals surface area contributed by atoms with E-state index in [1.54, 1.807) is 11.8 Å². The van der Waals surface area contributed by atoms with Gasteiger partial charge in [0, 0.05) is 21.9 Å². The molecule has 0 radical (unpaired) electrons. The van der Waals surface area contributed by atoms with Gasteiger partial charge in [-0.05, 0) is 37.6 Å². The van der Waals surface area contributed by atoms with Crippen LogP contribution in [0.25, 0.3) is 0 Å². The molecule has 2 aromatic rings. The zero-order valence-electron chi connectivity index (χ0n) is 14.0. The third kappa shape index (κ3) is 3.29. The largest absolute Gasteiger partial charge is 0.394 e. The van der Waals surface area contributed by atoms with Gasteiger partial charge < -0.3 is 15.3 Å². The third-order valence-corrected chi connectivity index (χ3v) is 5.58. The molecule has 0 spiro atoms. The third-order valence-electron chi connectivity index (χ3n) is 4.07. The first-order valence-corrected chi connectivity index (χ1v) is 9.47. The van der Waals surface area contributed by atoms with E-state index in [1.807, 2.05) is 13.0 Å². The minimum atomic E-state index is -0.00165. The van der Waals surface area contributed by atoms with Crippen LogP contribution >= 0.6 is 24.0 Å². The van der Waals surface area contributed by atoms with Gasteiger partial charge in [-0.1, -0.05) is 49.1 Å². The van der Waals surface area contributed by atoms with Crippen LogP contribution in [0.4, 0.5) is 11.4 Å². The zero-order chi connectivity index (χ0) is 17.1. The first-order chi connectivity index (χ1) is 11.7. The Bertz CT molecular complexity index is 748. The summed E-state index contributed by atoms with van der Waals surface area (Å²) in [6.45, 7) is 5.14. The quantitative estimate of drug-likeness (QED) is 0.777. The van der Waals surface area contributed by atoms with E-state index < -0.39 is 0 Å². The average molecular weight is 359 g/mol. The minimum Gasteiger partial charge on any atom is -0.394 e. The van der Waals surface area contributed by atoms with E-state index in [9.17, 15) is 5.11 Å². The molecule has 24 heavy (non-hydrogen) atoms. The fourth-order valence-corrected chi connectivity index (χ4v) is 4.10. The fraction of sp³-hybridized carbons (Fsp3) is 0.316. The summed E-state index contributed by atoms with van der Waals surface area (Å²) in [6, 6.07) is 14.7. The van der Waals surface area contributed by atoms with E-state index in [1.165, 1.54) is 9.79 Å². The number of aliphatic hydroxyl groups is 1. The molecule has 1 aliphatic rings. The number of aliphatic hydroxyl groups excluding tert-OH is 1. The summed E-state index contributed by atoms with van der Waals surface area (Å²) in [5, 5.41) is 13.0. The van der Waals surface area contributed by atoms with Crippen LogP contribution in [0, 0.1) is 0 Å². The van der Waals surface area contributed by atoms with Crippen molar-refractivity contribution in [2.45, 2.75) is 36.1 Å². The highest BCUT2D eigenvalue weighted by atomic mass is 32.2. The second-order valence-electron chi connectivity index (χ2n) is 5.91. The highest BCUT2D eigenvalue weighted by Crippen LogP contribution is 2.49. The first kappa shape index (κ1) is 17.3. The predicted molar refractivity (Wildman–Crippen MR) is 106 cm³/mol. The lowest BCUT2D eigenvalue weighted by atomic mass is 10.1. The van der Waals surface area contributed by atoms with Gasteiger partial charge in [-0.3, -0.25) is 0 Å². The van der Waals surface area contributed by atoms with Gasteiger partial charge in [0.05, 0.1) is 24.0 Å². The van der Waals surface area contributed by atoms with E-state index in [2.05, 4.69) is 53.5 Å². The van der Waals surface area contributed by atoms with Gasteiger partial charge >= 0.3 is 0 Å². The number of anilines is 2. The number of hydrogen-bond acceptors (Lipinski definition) is 4. The molecule has 0 bridgehead atoms. The van der Waals surface area contributed by atoms with Crippen molar-refractivity contribution in [2.75, 3.05) is 18.1 Å². The average Bonchev–Trinajstić information content (AvgIpc) is 2.63. The van der Waals surface area contributed by atoms with Crippen LogP contribution in [0.15, 0.2) is 52.3 Å². The smallest absolute Gasteiger partial charge is 0.106 e. The van der Waals surface area contributed by atoms with Crippen molar-refractivity contribution in [3.05, 3.63) is 48.0 Å². The van der Waals surface area contributed by atoms with Gasteiger partial charge in [0.2, 0.25) is 0 Å². The summed E-state index contributed by atoms with van der Waals surface area (Å²) in [7, 11) is 0. The van der Waals surface area contributed by atoms with Crippen molar-refractivity contribution in [3.8, 4) is 0 Å². The SMILES string of the molecule is CCCNC(=S)c1ccc2c(c1)N([C@H](C)CO)c1ccccc1S2. The van der Waals surface area contributed by atoms with E-state index in [0.717, 1.165) is 34.9 Å². The molecule has 0 fully saturated rings. The van der Waals surface area contributed by atoms with Crippen LogP contribution in [-0.2, 0) is 0 Å². The maximum Gasteiger partial charge on any atom is 0.106 e. The van der Waals surface area contributed by atoms with Crippen molar-refractivity contribution in [1.82, 2.24) is 5.32 Å². The van der Waals surface area contributed by atoms with Crippen molar-refractivity contribution in [3.63, 3.8) is 0 Å². The summed E-state index contributed by atoms with van der Waals surface area (Å²) < 4.78 is 0. The van der Waals surface area contributed by atoms with E-state index in [-0.39, 0.29) is 12.6 Å². The molecule has 0 saturated carbocycles. The Morgan fingerprint density at radius 2 is 1.96 bits per heavy atom. The van der Waals surface area contributed by atoms with Crippen LogP contribution in [0.2, 0.25) is 0 Å². The van der Waals surface area contributed by atoms with Gasteiger partial charge in [-0.25, -0.2) is 0 Å². The van der Waals surface area contributed by atoms with E-state index in [0.29, 0.717) is 0 Å². The minimum absolute atomic E-state index is 0.00165. The molecule has 2 aromatic carbocycles. The molecule has 2 N–H and O–H groups in total. The number of hydrogen-bond donors (Lipinski definition) is 2. The molecule has 1 heterocycles. The monoisotopic (exact) mass is 358 g/mol. The molecule has 1 atom stereocenters. The Hall–Kier alpha value is -1.56. The van der Waals surface area contributed by atoms with Gasteiger partial charge in [-0.2, -0.15) is 0 Å². The molecule has 126 valence electrons. The van der Waals surface area contributed by atoms with Crippen LogP contribution in [0.1, 0.15) is 25.8 Å². The molecule has 0 aliphatic carbocycles. The normalized spacial score (nSPS) is 13.9. The number of para-hydroxylation sites is 1. The molecule has 0 aromatic heterocycles. The lowest BCUT2D eigenvalue weighted by Gasteiger charge is -2.36. The molecule has 3 nitrogen and oxygen atoms in total. The summed E-state index contributed by atoms with van der Waals surface area (Å²) in [4.78, 5) is 5.40. The maximum atomic E-state index is 9.75. The first-order valence-electron chi connectivity index (χ1n) is 8.25. The topological polar surface area (TPSA) is 35.5 Å². The molecule has 3 rings (SSSR count). The number of nitrogens with zero attached hydrogens (tertiary/aromatic N) is 1. The highest BCUT2D eigenvalue weighted by molar-refractivity contribution is 7.99. The maximum absolute atomic E-state index is 9.75. The number of thiocarbonyl (C=S) groups is 1. The summed E-state index contributed by atoms with van der Waals surface area (Å²) >= 11 is 7.28. The summed E-state index contributed by atoms with van der Waals surface area (Å²) in [5.74, 6) is 0. The predicted octanol–water partition coefficient (Wildman–Crippen LogP) is 4.35. The van der Waals surface area contributed by atoms with E-state index in [4.69, 9.17) is 12.2 Å². The Labute approximate surface area is 153 Å². The fourth-order valence-electron chi connectivity index (χ4n) is 2.82. The Balaban J connectivity index is 2.03. The summed E-state index contributed by atoms with van der Waals surface area (Å²) in [6.07, 6.45) is 1.04. The van der Waals surface area contributed by atoms with Crippen LogP contribution in [0.3, 0.4) is 0 Å². The Morgan fingerprint density at radius 3 is 2.71 bits per heavy atom. The van der Waals surface area contributed by atoms with Crippen LogP contribution in [0.5, 0.6) is 0 Å². The van der Waals surface area contributed by atoms with Crippen molar-refractivity contribution >= 4 is 40.3 Å². The molecule has 0 saturated heterocycles. The van der Waals surface area contributed by atoms with Gasteiger partial charge in [-0.15, -0.1) is 0 Å². The van der Waals surface area contributed by atoms with Crippen molar-refractivity contribution < 1.29 is 5.11 Å². The molecular formula is C19H22N2OS2. The molecule has 0 unspecified atom stereocenters. The molecule has 0 amide bonds. The van der Waals surface area contributed by atoms with Crippen molar-refractivity contribution in [2.24, 2.45) is 0 Å². The number of rotatable bonds is 5. The van der Waals surface area contributed by atoms with Crippen molar-refractivity contribution in [1.29, 1.82) is 0 Å². The molecule has 5 heteroatoms. The molecular weight excluding hydrogens is 336 g/mol. The number of benzene rings is 2. The van der Waals surface area contributed by atoms with Crippen LogP contribution in [-0.4, -0.2) is 29.3 Å². The van der Waals surface area contributed by atoms with Gasteiger partial charge in [0.25, 0.3) is 0 Å². The zero-order valence-corrected chi connectivity index (χ0v) is 15.6. The summed E-state index contributed by atoms with van der Waals surface area (Å²) in [5.41, 5.74) is 3.27. The highest BCUT2D eigenvalue weighted by Gasteiger charge is 2.27. The van der Waals surface area contributed by atoms with Gasteiger partial charge in [0.15, 0.2) is 0 Å². The van der Waals surface area contributed by atoms with Gasteiger partial charge in [0.1, 0.15) is 4.99 Å². The van der Waals surface area contributed by atoms with E-state index >= 15 is 0 Å². The second kappa shape index (κ2) is 7.55. The lowest BCUT2D eigenvalue weighted by molar-refractivity contribution is 0.272. The molecule has 1 aliphatic heterocycles. The Kier molecular flexibility index (Phi) is 5.43. The standard InChI is InChI=1S/C19H22N2OS2/c1-3-10-20-19(23)14-8-9-18-16(11-14)21(13(2)12-22)15-6-4-5-7-17(15)24-18/h4-9,11,13,22H,3,10,12H2,1-2H3,(H,20,23)/t13-/m1/s1. The number of fused-ring (bicyclic) bond motifs is 2. The number of nitrogens with one attached hydrogen (secondary N) is 1. The second-order valence-corrected chi connectivity index (χ2v) is 7.40. The Morgan fingerprint density at radius 1 is 1.21 bits per heavy atom.